The van der Waals surface area contributed by atoms with E-state index in [-0.39, 0.29) is 18.8 Å². The standard InChI is InChI=1S/C16H25NO4/c18-14-11-12-15(19)17(14)21-16(20)13-9-7-5-3-1-2-4-6-8-10-13/h13H,1-12H2. The zero-order chi connectivity index (χ0) is 15.1. The molecule has 2 rings (SSSR count). The van der Waals surface area contributed by atoms with Crippen LogP contribution >= 0.6 is 0 Å². The highest BCUT2D eigenvalue weighted by Gasteiger charge is 2.34. The highest BCUT2D eigenvalue weighted by molar-refractivity contribution is 6.01. The molecular formula is C16H25NO4. The van der Waals surface area contributed by atoms with E-state index in [1.807, 2.05) is 0 Å². The molecule has 5 heteroatoms. The predicted molar refractivity (Wildman–Crippen MR) is 76.8 cm³/mol. The molecule has 0 atom stereocenters. The van der Waals surface area contributed by atoms with Crippen LogP contribution in [0.3, 0.4) is 0 Å². The summed E-state index contributed by atoms with van der Waals surface area (Å²) in [6.07, 6.45) is 11.2. The first-order chi connectivity index (χ1) is 10.2. The third kappa shape index (κ3) is 4.83. The van der Waals surface area contributed by atoms with Gasteiger partial charge in [-0.3, -0.25) is 9.59 Å². The van der Waals surface area contributed by atoms with Gasteiger partial charge in [0.2, 0.25) is 0 Å². The van der Waals surface area contributed by atoms with Crippen LogP contribution in [-0.4, -0.2) is 22.8 Å². The summed E-state index contributed by atoms with van der Waals surface area (Å²) in [5.41, 5.74) is 0. The van der Waals surface area contributed by atoms with Crippen LogP contribution in [0.25, 0.3) is 0 Å². The van der Waals surface area contributed by atoms with Crippen LogP contribution < -0.4 is 0 Å². The minimum Gasteiger partial charge on any atom is -0.330 e. The van der Waals surface area contributed by atoms with Gasteiger partial charge in [-0.15, -0.1) is 5.06 Å². The van der Waals surface area contributed by atoms with Gasteiger partial charge in [0.25, 0.3) is 11.8 Å². The quantitative estimate of drug-likeness (QED) is 0.734. The summed E-state index contributed by atoms with van der Waals surface area (Å²) >= 11 is 0. The minimum atomic E-state index is -0.405. The number of nitrogens with zero attached hydrogens (tertiary/aromatic N) is 1. The maximum atomic E-state index is 12.2. The molecule has 0 spiro atoms. The van der Waals surface area contributed by atoms with Gasteiger partial charge in [-0.2, -0.15) is 0 Å². The Balaban J connectivity index is 1.88. The fourth-order valence-electron chi connectivity index (χ4n) is 3.04. The fourth-order valence-corrected chi connectivity index (χ4v) is 3.04. The normalized spacial score (nSPS) is 23.0. The largest absolute Gasteiger partial charge is 0.336 e. The van der Waals surface area contributed by atoms with E-state index >= 15 is 0 Å². The minimum absolute atomic E-state index is 0.150. The Morgan fingerprint density at radius 3 is 1.71 bits per heavy atom. The van der Waals surface area contributed by atoms with E-state index in [0.717, 1.165) is 38.5 Å². The fraction of sp³-hybridized carbons (Fsp3) is 0.812. The second kappa shape index (κ2) is 8.15. The molecule has 2 fully saturated rings. The van der Waals surface area contributed by atoms with Crippen LogP contribution in [0.15, 0.2) is 0 Å². The van der Waals surface area contributed by atoms with Gasteiger partial charge in [0.1, 0.15) is 0 Å². The van der Waals surface area contributed by atoms with Gasteiger partial charge in [0.05, 0.1) is 5.92 Å². The molecular weight excluding hydrogens is 270 g/mol. The lowest BCUT2D eigenvalue weighted by molar-refractivity contribution is -0.201. The Kier molecular flexibility index (Phi) is 6.21. The van der Waals surface area contributed by atoms with Gasteiger partial charge in [0.15, 0.2) is 0 Å². The Bertz CT molecular complexity index is 366. The molecule has 1 saturated heterocycles. The molecule has 0 unspecified atom stereocenters. The monoisotopic (exact) mass is 295 g/mol. The summed E-state index contributed by atoms with van der Waals surface area (Å²) in [6, 6.07) is 0. The SMILES string of the molecule is O=C(ON1C(=O)CCC1=O)C1CCCCCCCCCC1. The summed E-state index contributed by atoms with van der Waals surface area (Å²) in [4.78, 5) is 40.3. The van der Waals surface area contributed by atoms with Gasteiger partial charge in [-0.1, -0.05) is 51.4 Å². The first-order valence-electron chi connectivity index (χ1n) is 8.26. The van der Waals surface area contributed by atoms with Crippen molar-refractivity contribution in [2.75, 3.05) is 0 Å². The lowest BCUT2D eigenvalue weighted by atomic mass is 9.96. The predicted octanol–water partition coefficient (Wildman–Crippen LogP) is 3.12. The zero-order valence-electron chi connectivity index (χ0n) is 12.6. The van der Waals surface area contributed by atoms with E-state index in [0.29, 0.717) is 5.06 Å². The van der Waals surface area contributed by atoms with Crippen molar-refractivity contribution in [3.05, 3.63) is 0 Å². The molecule has 5 nitrogen and oxygen atoms in total. The van der Waals surface area contributed by atoms with Crippen molar-refractivity contribution in [1.82, 2.24) is 5.06 Å². The van der Waals surface area contributed by atoms with Gasteiger partial charge >= 0.3 is 5.97 Å². The number of imide groups is 1. The molecule has 0 N–H and O–H groups in total. The number of rotatable bonds is 2. The first-order valence-corrected chi connectivity index (χ1v) is 8.26. The lowest BCUT2D eigenvalue weighted by Crippen LogP contribution is -2.34. The van der Waals surface area contributed by atoms with Crippen LogP contribution in [0.4, 0.5) is 0 Å². The van der Waals surface area contributed by atoms with E-state index in [2.05, 4.69) is 0 Å². The second-order valence-corrected chi connectivity index (χ2v) is 6.09. The van der Waals surface area contributed by atoms with Crippen LogP contribution in [0.1, 0.15) is 77.0 Å². The van der Waals surface area contributed by atoms with Crippen molar-refractivity contribution in [1.29, 1.82) is 0 Å². The summed E-state index contributed by atoms with van der Waals surface area (Å²) in [5.74, 6) is -1.38. The van der Waals surface area contributed by atoms with E-state index in [9.17, 15) is 14.4 Å². The molecule has 21 heavy (non-hydrogen) atoms. The van der Waals surface area contributed by atoms with E-state index in [1.54, 1.807) is 0 Å². The molecule has 118 valence electrons. The average Bonchev–Trinajstić information content (AvgIpc) is 2.77. The van der Waals surface area contributed by atoms with Gasteiger partial charge in [0, 0.05) is 12.8 Å². The number of hydroxylamine groups is 2. The van der Waals surface area contributed by atoms with Crippen LogP contribution in [0.2, 0.25) is 0 Å². The second-order valence-electron chi connectivity index (χ2n) is 6.09. The Labute approximate surface area is 126 Å². The van der Waals surface area contributed by atoms with Crippen LogP contribution in [0, 0.1) is 5.92 Å². The molecule has 1 aliphatic heterocycles. The molecule has 0 bridgehead atoms. The van der Waals surface area contributed by atoms with E-state index in [4.69, 9.17) is 4.84 Å². The van der Waals surface area contributed by atoms with Gasteiger partial charge in [-0.25, -0.2) is 4.79 Å². The van der Waals surface area contributed by atoms with Crippen molar-refractivity contribution >= 4 is 17.8 Å². The van der Waals surface area contributed by atoms with E-state index in [1.165, 1.54) is 25.7 Å². The molecule has 0 aromatic heterocycles. The third-order valence-corrected chi connectivity index (χ3v) is 4.38. The summed E-state index contributed by atoms with van der Waals surface area (Å²) in [7, 11) is 0. The average molecular weight is 295 g/mol. The maximum Gasteiger partial charge on any atom is 0.336 e. The highest BCUT2D eigenvalue weighted by Crippen LogP contribution is 2.23. The Morgan fingerprint density at radius 2 is 1.24 bits per heavy atom. The van der Waals surface area contributed by atoms with Gasteiger partial charge in [-0.05, 0) is 12.8 Å². The van der Waals surface area contributed by atoms with Crippen LogP contribution in [0.5, 0.6) is 0 Å². The number of carbonyl (C=O) groups excluding carboxylic acids is 3. The molecule has 1 heterocycles. The lowest BCUT2D eigenvalue weighted by Gasteiger charge is -2.18. The summed E-state index contributed by atoms with van der Waals surface area (Å²) < 4.78 is 0. The molecule has 0 radical (unpaired) electrons. The third-order valence-electron chi connectivity index (χ3n) is 4.38. The van der Waals surface area contributed by atoms with Crippen molar-refractivity contribution in [2.45, 2.75) is 77.0 Å². The molecule has 2 aliphatic rings. The molecule has 1 saturated carbocycles. The maximum absolute atomic E-state index is 12.2. The molecule has 1 aliphatic carbocycles. The Hall–Kier alpha value is -1.39. The summed E-state index contributed by atoms with van der Waals surface area (Å²) in [6.45, 7) is 0. The van der Waals surface area contributed by atoms with Gasteiger partial charge < -0.3 is 4.84 Å². The highest BCUT2D eigenvalue weighted by atomic mass is 16.7. The number of carbonyl (C=O) groups is 3. The van der Waals surface area contributed by atoms with Crippen molar-refractivity contribution in [3.63, 3.8) is 0 Å². The summed E-state index contributed by atoms with van der Waals surface area (Å²) in [5, 5.41) is 0.674. The molecule has 0 aromatic rings. The van der Waals surface area contributed by atoms with Crippen LogP contribution in [-0.2, 0) is 19.2 Å². The smallest absolute Gasteiger partial charge is 0.330 e. The molecule has 2 amide bonds. The zero-order valence-corrected chi connectivity index (χ0v) is 12.6. The number of hydrogen-bond acceptors (Lipinski definition) is 4. The van der Waals surface area contributed by atoms with E-state index < -0.39 is 17.8 Å². The van der Waals surface area contributed by atoms with Crippen molar-refractivity contribution < 1.29 is 19.2 Å². The Morgan fingerprint density at radius 1 is 0.810 bits per heavy atom. The number of hydrogen-bond donors (Lipinski definition) is 0. The molecule has 0 aromatic carbocycles. The topological polar surface area (TPSA) is 63.7 Å². The number of amides is 2. The van der Waals surface area contributed by atoms with Crippen molar-refractivity contribution in [3.8, 4) is 0 Å². The van der Waals surface area contributed by atoms with Crippen molar-refractivity contribution in [2.24, 2.45) is 5.92 Å². The first kappa shape index (κ1) is 16.0.